The van der Waals surface area contributed by atoms with Gasteiger partial charge in [-0.1, -0.05) is 34.1 Å². The molecule has 0 aliphatic heterocycles. The number of hydrogen-bond acceptors (Lipinski definition) is 4. The van der Waals surface area contributed by atoms with Gasteiger partial charge in [-0.05, 0) is 18.1 Å². The molecule has 0 heterocycles. The third-order valence-electron chi connectivity index (χ3n) is 3.01. The van der Waals surface area contributed by atoms with Gasteiger partial charge < -0.3 is 14.9 Å². The van der Waals surface area contributed by atoms with Gasteiger partial charge in [0.2, 0.25) is 0 Å². The highest BCUT2D eigenvalue weighted by Crippen LogP contribution is 2.25. The van der Waals surface area contributed by atoms with Gasteiger partial charge in [-0.2, -0.15) is 0 Å². The Morgan fingerprint density at radius 1 is 1.26 bits per heavy atom. The minimum absolute atomic E-state index is 0.120. The van der Waals surface area contributed by atoms with Gasteiger partial charge >= 0.3 is 0 Å². The highest BCUT2D eigenvalue weighted by molar-refractivity contribution is 9.10. The predicted octanol–water partition coefficient (Wildman–Crippen LogP) is 1.81. The van der Waals surface area contributed by atoms with Crippen LogP contribution in [0.1, 0.15) is 18.1 Å². The minimum atomic E-state index is -0.501. The monoisotopic (exact) mass is 331 g/mol. The summed E-state index contributed by atoms with van der Waals surface area (Å²) in [5.74, 6) is 0. The van der Waals surface area contributed by atoms with Gasteiger partial charge in [0.25, 0.3) is 0 Å². The van der Waals surface area contributed by atoms with Gasteiger partial charge in [-0.15, -0.1) is 0 Å². The number of benzene rings is 1. The number of hydrogen-bond donors (Lipinski definition) is 2. The smallest absolute Gasteiger partial charge is 0.0813 e. The Hall–Kier alpha value is -0.460. The van der Waals surface area contributed by atoms with Gasteiger partial charge in [-0.25, -0.2) is 0 Å². The highest BCUT2D eigenvalue weighted by atomic mass is 79.9. The Morgan fingerprint density at radius 3 is 2.63 bits per heavy atom. The van der Waals surface area contributed by atoms with Crippen LogP contribution in [-0.4, -0.2) is 55.1 Å². The third-order valence-corrected chi connectivity index (χ3v) is 3.73. The molecule has 4 nitrogen and oxygen atoms in total. The van der Waals surface area contributed by atoms with Crippen LogP contribution < -0.4 is 0 Å². The molecule has 0 bridgehead atoms. The van der Waals surface area contributed by atoms with Crippen molar-refractivity contribution in [2.45, 2.75) is 12.5 Å². The normalized spacial score (nSPS) is 12.9. The van der Waals surface area contributed by atoms with E-state index in [1.54, 1.807) is 7.11 Å². The van der Waals surface area contributed by atoms with Crippen molar-refractivity contribution in [1.29, 1.82) is 0 Å². The second kappa shape index (κ2) is 9.44. The lowest BCUT2D eigenvalue weighted by Crippen LogP contribution is -2.32. The van der Waals surface area contributed by atoms with Crippen LogP contribution in [0.5, 0.6) is 0 Å². The lowest BCUT2D eigenvalue weighted by Gasteiger charge is -2.22. The van der Waals surface area contributed by atoms with E-state index in [1.165, 1.54) is 0 Å². The van der Waals surface area contributed by atoms with Crippen molar-refractivity contribution in [3.05, 3.63) is 34.3 Å². The largest absolute Gasteiger partial charge is 0.395 e. The number of ether oxygens (including phenoxy) is 1. The van der Waals surface area contributed by atoms with E-state index in [1.807, 2.05) is 24.3 Å². The summed E-state index contributed by atoms with van der Waals surface area (Å²) in [5.41, 5.74) is 0.901. The van der Waals surface area contributed by atoms with Crippen molar-refractivity contribution < 1.29 is 14.9 Å². The molecule has 108 valence electrons. The molecule has 0 radical (unpaired) electrons. The fourth-order valence-corrected chi connectivity index (χ4v) is 2.45. The molecule has 2 N–H and O–H groups in total. The summed E-state index contributed by atoms with van der Waals surface area (Å²) in [4.78, 5) is 2.09. The van der Waals surface area contributed by atoms with E-state index < -0.39 is 6.10 Å². The van der Waals surface area contributed by atoms with Crippen LogP contribution in [0.2, 0.25) is 0 Å². The van der Waals surface area contributed by atoms with Crippen molar-refractivity contribution in [3.8, 4) is 0 Å². The van der Waals surface area contributed by atoms with Gasteiger partial charge in [0.1, 0.15) is 0 Å². The molecular weight excluding hydrogens is 310 g/mol. The Kier molecular flexibility index (Phi) is 8.25. The Morgan fingerprint density at radius 2 is 2.00 bits per heavy atom. The number of methoxy groups -OCH3 is 1. The molecule has 0 aliphatic carbocycles. The number of rotatable bonds is 9. The zero-order chi connectivity index (χ0) is 14.1. The van der Waals surface area contributed by atoms with Crippen molar-refractivity contribution in [3.63, 3.8) is 0 Å². The molecule has 0 amide bonds. The van der Waals surface area contributed by atoms with E-state index in [2.05, 4.69) is 20.8 Å². The van der Waals surface area contributed by atoms with Crippen molar-refractivity contribution >= 4 is 15.9 Å². The van der Waals surface area contributed by atoms with Gasteiger partial charge in [-0.3, -0.25) is 4.90 Å². The first-order chi connectivity index (χ1) is 9.19. The first-order valence-electron chi connectivity index (χ1n) is 6.43. The fraction of sp³-hybridized carbons (Fsp3) is 0.571. The van der Waals surface area contributed by atoms with Crippen molar-refractivity contribution in [2.75, 3.05) is 40.0 Å². The third kappa shape index (κ3) is 6.01. The summed E-state index contributed by atoms with van der Waals surface area (Å²) < 4.78 is 5.96. The average Bonchev–Trinajstić information content (AvgIpc) is 2.42. The zero-order valence-corrected chi connectivity index (χ0v) is 12.8. The molecule has 5 heteroatoms. The second-order valence-electron chi connectivity index (χ2n) is 4.38. The summed E-state index contributed by atoms with van der Waals surface area (Å²) in [6, 6.07) is 7.69. The molecule has 0 saturated carbocycles. The molecule has 1 aromatic carbocycles. The van der Waals surface area contributed by atoms with Crippen molar-refractivity contribution in [2.24, 2.45) is 0 Å². The van der Waals surface area contributed by atoms with E-state index in [0.29, 0.717) is 19.6 Å². The molecular formula is C14H22BrNO3. The summed E-state index contributed by atoms with van der Waals surface area (Å²) in [7, 11) is 1.66. The Labute approximate surface area is 123 Å². The zero-order valence-electron chi connectivity index (χ0n) is 11.3. The van der Waals surface area contributed by atoms with E-state index in [0.717, 1.165) is 23.1 Å². The average molecular weight is 332 g/mol. The number of aliphatic hydroxyl groups excluding tert-OH is 2. The summed E-state index contributed by atoms with van der Waals surface area (Å²) >= 11 is 3.44. The number of aliphatic hydroxyl groups is 2. The maximum absolute atomic E-state index is 10.2. The van der Waals surface area contributed by atoms with Gasteiger partial charge in [0.05, 0.1) is 19.3 Å². The molecule has 1 aromatic rings. The quantitative estimate of drug-likeness (QED) is 0.724. The first kappa shape index (κ1) is 16.6. The lowest BCUT2D eigenvalue weighted by molar-refractivity contribution is 0.105. The van der Waals surface area contributed by atoms with E-state index in [-0.39, 0.29) is 6.61 Å². The lowest BCUT2D eigenvalue weighted by atomic mass is 10.1. The topological polar surface area (TPSA) is 52.9 Å². The van der Waals surface area contributed by atoms with Crippen LogP contribution in [0.3, 0.4) is 0 Å². The van der Waals surface area contributed by atoms with Crippen LogP contribution in [0.15, 0.2) is 28.7 Å². The molecule has 0 aliphatic rings. The summed E-state index contributed by atoms with van der Waals surface area (Å²) in [5, 5.41) is 19.2. The molecule has 0 fully saturated rings. The number of nitrogens with zero attached hydrogens (tertiary/aromatic N) is 1. The second-order valence-corrected chi connectivity index (χ2v) is 5.24. The maximum atomic E-state index is 10.2. The van der Waals surface area contributed by atoms with Gasteiger partial charge in [0, 0.05) is 31.2 Å². The van der Waals surface area contributed by atoms with E-state index in [4.69, 9.17) is 9.84 Å². The highest BCUT2D eigenvalue weighted by Gasteiger charge is 2.13. The Balaban J connectivity index is 2.47. The van der Waals surface area contributed by atoms with Crippen LogP contribution in [0.4, 0.5) is 0 Å². The van der Waals surface area contributed by atoms with Crippen LogP contribution in [-0.2, 0) is 4.74 Å². The summed E-state index contributed by atoms with van der Waals surface area (Å²) in [6.45, 7) is 2.85. The molecule has 1 rings (SSSR count). The van der Waals surface area contributed by atoms with E-state index >= 15 is 0 Å². The molecule has 0 saturated heterocycles. The molecule has 0 aromatic heterocycles. The fourth-order valence-electron chi connectivity index (χ4n) is 1.90. The molecule has 1 atom stereocenters. The van der Waals surface area contributed by atoms with Crippen LogP contribution in [0.25, 0.3) is 0 Å². The molecule has 0 spiro atoms. The number of halogens is 1. The van der Waals surface area contributed by atoms with Crippen molar-refractivity contribution in [1.82, 2.24) is 4.90 Å². The standard InChI is InChI=1S/C14H22BrNO3/c1-19-11-9-16(8-10-17)7-6-14(18)12-4-2-3-5-13(12)15/h2-5,14,17-18H,6-11H2,1H3. The maximum Gasteiger partial charge on any atom is 0.0813 e. The van der Waals surface area contributed by atoms with Crippen LogP contribution in [0, 0.1) is 0 Å². The van der Waals surface area contributed by atoms with Gasteiger partial charge in [0.15, 0.2) is 0 Å². The molecule has 19 heavy (non-hydrogen) atoms. The predicted molar refractivity (Wildman–Crippen MR) is 79.1 cm³/mol. The van der Waals surface area contributed by atoms with E-state index in [9.17, 15) is 5.11 Å². The SMILES string of the molecule is COCCN(CCO)CCC(O)c1ccccc1Br. The molecule has 1 unspecified atom stereocenters. The minimum Gasteiger partial charge on any atom is -0.395 e. The Bertz CT molecular complexity index is 362. The van der Waals surface area contributed by atoms with Crippen LogP contribution >= 0.6 is 15.9 Å². The summed E-state index contributed by atoms with van der Waals surface area (Å²) in [6.07, 6.45) is 0.131. The first-order valence-corrected chi connectivity index (χ1v) is 7.23.